The van der Waals surface area contributed by atoms with Crippen molar-refractivity contribution in [1.29, 1.82) is 0 Å². The van der Waals surface area contributed by atoms with E-state index in [0.29, 0.717) is 12.5 Å². The summed E-state index contributed by atoms with van der Waals surface area (Å²) >= 11 is 0. The Morgan fingerprint density at radius 3 is 2.42 bits per heavy atom. The van der Waals surface area contributed by atoms with Gasteiger partial charge in [0.05, 0.1) is 12.6 Å². The lowest BCUT2D eigenvalue weighted by Gasteiger charge is -2.21. The number of amides is 2. The van der Waals surface area contributed by atoms with Crippen LogP contribution in [0.25, 0.3) is 11.5 Å². The third-order valence-corrected chi connectivity index (χ3v) is 5.90. The lowest BCUT2D eigenvalue weighted by atomic mass is 10.1. The predicted molar refractivity (Wildman–Crippen MR) is 151 cm³/mol. The highest BCUT2D eigenvalue weighted by Gasteiger charge is 2.28. The van der Waals surface area contributed by atoms with Gasteiger partial charge in [-0.2, -0.15) is 8.78 Å². The lowest BCUT2D eigenvalue weighted by molar-refractivity contribution is -0.137. The number of hydrogen-bond acceptors (Lipinski definition) is 8. The minimum absolute atomic E-state index is 0.00490. The van der Waals surface area contributed by atoms with E-state index in [2.05, 4.69) is 20.4 Å². The van der Waals surface area contributed by atoms with Gasteiger partial charge in [-0.3, -0.25) is 9.59 Å². The number of rotatable bonds is 14. The van der Waals surface area contributed by atoms with Gasteiger partial charge < -0.3 is 34.4 Å². The van der Waals surface area contributed by atoms with Crippen molar-refractivity contribution >= 4 is 18.0 Å². The first-order valence-electron chi connectivity index (χ1n) is 13.8. The highest BCUT2D eigenvalue weighted by Crippen LogP contribution is 2.35. The van der Waals surface area contributed by atoms with Crippen LogP contribution in [0.15, 0.2) is 40.8 Å². The molecule has 3 aromatic rings. The summed E-state index contributed by atoms with van der Waals surface area (Å²) in [6.45, 7) is 2.95. The maximum Gasteiger partial charge on any atom is 0.408 e. The zero-order chi connectivity index (χ0) is 33.3. The van der Waals surface area contributed by atoms with Crippen molar-refractivity contribution in [2.45, 2.75) is 71.8 Å². The van der Waals surface area contributed by atoms with Crippen LogP contribution in [0.3, 0.4) is 0 Å². The number of halogens is 4. The zero-order valence-electron chi connectivity index (χ0n) is 24.9. The molecular formula is C30H33F4N3O8. The normalized spacial score (nSPS) is 12.0. The van der Waals surface area contributed by atoms with Crippen molar-refractivity contribution in [3.8, 4) is 23.0 Å². The number of benzene rings is 2. The summed E-state index contributed by atoms with van der Waals surface area (Å²) in [6, 6.07) is 5.68. The number of carboxylic acids is 1. The molecule has 15 heteroatoms. The number of unbranched alkanes of at least 4 members (excludes halogenated alkanes) is 1. The molecule has 0 radical (unpaired) electrons. The maximum absolute atomic E-state index is 14.1. The fourth-order valence-electron chi connectivity index (χ4n) is 3.89. The SMILES string of the molecule is CC(NC(=O)OC(C)(C)C)c1oc(-c2ccc(OC(F)F)c(OCCCCC(=O)O)c2)nc1C(=O)NCc1ccc(F)cc1F. The van der Waals surface area contributed by atoms with Crippen LogP contribution < -0.4 is 20.1 Å². The number of aromatic nitrogens is 1. The molecule has 0 bridgehead atoms. The van der Waals surface area contributed by atoms with Crippen LogP contribution in [-0.4, -0.2) is 46.9 Å². The topological polar surface area (TPSA) is 149 Å². The number of nitrogens with one attached hydrogen (secondary N) is 2. The fraction of sp³-hybridized carbons (Fsp3) is 0.400. The molecule has 244 valence electrons. The van der Waals surface area contributed by atoms with Crippen LogP contribution in [0.4, 0.5) is 22.4 Å². The second kappa shape index (κ2) is 15.3. The monoisotopic (exact) mass is 639 g/mol. The van der Waals surface area contributed by atoms with Gasteiger partial charge in [-0.15, -0.1) is 0 Å². The Balaban J connectivity index is 1.94. The zero-order valence-corrected chi connectivity index (χ0v) is 24.9. The summed E-state index contributed by atoms with van der Waals surface area (Å²) in [7, 11) is 0. The van der Waals surface area contributed by atoms with Crippen LogP contribution in [0.2, 0.25) is 0 Å². The van der Waals surface area contributed by atoms with Gasteiger partial charge in [0.15, 0.2) is 23.0 Å². The average molecular weight is 640 g/mol. The number of alkyl halides is 2. The Morgan fingerprint density at radius 1 is 1.04 bits per heavy atom. The van der Waals surface area contributed by atoms with Crippen LogP contribution in [-0.2, 0) is 16.1 Å². The quantitative estimate of drug-likeness (QED) is 0.135. The summed E-state index contributed by atoms with van der Waals surface area (Å²) in [5.41, 5.74) is -0.955. The van der Waals surface area contributed by atoms with Gasteiger partial charge in [-0.25, -0.2) is 18.6 Å². The van der Waals surface area contributed by atoms with Gasteiger partial charge in [0.25, 0.3) is 5.91 Å². The molecule has 1 aromatic heterocycles. The van der Waals surface area contributed by atoms with E-state index in [4.69, 9.17) is 19.0 Å². The Morgan fingerprint density at radius 2 is 1.78 bits per heavy atom. The molecule has 2 aromatic carbocycles. The number of aliphatic carboxylic acids is 1. The van der Waals surface area contributed by atoms with E-state index in [1.54, 1.807) is 20.8 Å². The Labute approximate surface area is 255 Å². The van der Waals surface area contributed by atoms with Crippen molar-refractivity contribution in [2.24, 2.45) is 0 Å². The molecule has 0 aliphatic heterocycles. The first-order valence-corrected chi connectivity index (χ1v) is 13.8. The third kappa shape index (κ3) is 10.7. The van der Waals surface area contributed by atoms with Crippen molar-refractivity contribution in [3.63, 3.8) is 0 Å². The first kappa shape index (κ1) is 34.7. The van der Waals surface area contributed by atoms with E-state index < -0.39 is 47.9 Å². The number of oxazole rings is 1. The summed E-state index contributed by atoms with van der Waals surface area (Å²) in [5, 5.41) is 13.8. The fourth-order valence-corrected chi connectivity index (χ4v) is 3.89. The predicted octanol–water partition coefficient (Wildman–Crippen LogP) is 6.37. The van der Waals surface area contributed by atoms with Crippen LogP contribution in [0.5, 0.6) is 11.5 Å². The summed E-state index contributed by atoms with van der Waals surface area (Å²) < 4.78 is 74.8. The molecule has 3 rings (SSSR count). The largest absolute Gasteiger partial charge is 0.490 e. The molecule has 0 saturated carbocycles. The Hall–Kier alpha value is -4.82. The van der Waals surface area contributed by atoms with E-state index in [9.17, 15) is 31.9 Å². The molecule has 1 unspecified atom stereocenters. The number of ether oxygens (including phenoxy) is 3. The molecule has 11 nitrogen and oxygen atoms in total. The first-order chi connectivity index (χ1) is 21.1. The van der Waals surface area contributed by atoms with E-state index >= 15 is 0 Å². The summed E-state index contributed by atoms with van der Waals surface area (Å²) in [4.78, 5) is 40.7. The standard InChI is InChI=1S/C30H33F4N3O8/c1-16(36-29(41)45-30(2,3)4)25-24(26(40)35-15-18-8-10-19(31)14-20(18)32)37-27(44-25)17-9-11-21(43-28(33)34)22(13-17)42-12-6-5-7-23(38)39/h8-11,13-14,16,28H,5-7,12,15H2,1-4H3,(H,35,40)(H,36,41)(H,38,39). The molecule has 0 aliphatic carbocycles. The number of hydrogen-bond donors (Lipinski definition) is 3. The second-order valence-corrected chi connectivity index (χ2v) is 10.8. The van der Waals surface area contributed by atoms with Crippen LogP contribution in [0, 0.1) is 11.6 Å². The molecule has 0 spiro atoms. The van der Waals surface area contributed by atoms with Crippen LogP contribution in [0.1, 0.15) is 74.8 Å². The number of alkyl carbamates (subject to hydrolysis) is 1. The van der Waals surface area contributed by atoms with Gasteiger partial charge in [0.2, 0.25) is 5.89 Å². The number of nitrogens with zero attached hydrogens (tertiary/aromatic N) is 1. The van der Waals surface area contributed by atoms with Gasteiger partial charge in [-0.05, 0) is 64.8 Å². The van der Waals surface area contributed by atoms with Gasteiger partial charge in [0.1, 0.15) is 17.2 Å². The van der Waals surface area contributed by atoms with E-state index in [1.807, 2.05) is 0 Å². The van der Waals surface area contributed by atoms with Crippen molar-refractivity contribution in [1.82, 2.24) is 15.6 Å². The maximum atomic E-state index is 14.1. The van der Waals surface area contributed by atoms with E-state index in [-0.39, 0.29) is 66.0 Å². The molecule has 0 aliphatic rings. The molecule has 1 atom stereocenters. The van der Waals surface area contributed by atoms with Gasteiger partial charge in [0, 0.05) is 30.2 Å². The number of carbonyl (C=O) groups excluding carboxylic acids is 2. The van der Waals surface area contributed by atoms with Crippen molar-refractivity contribution in [3.05, 3.63) is 65.1 Å². The minimum Gasteiger partial charge on any atom is -0.490 e. The second-order valence-electron chi connectivity index (χ2n) is 10.8. The molecule has 0 fully saturated rings. The average Bonchev–Trinajstić information content (AvgIpc) is 3.37. The molecule has 3 N–H and O–H groups in total. The Kier molecular flexibility index (Phi) is 11.8. The number of carboxylic acid groups (broad SMARTS) is 1. The highest BCUT2D eigenvalue weighted by molar-refractivity contribution is 5.94. The van der Waals surface area contributed by atoms with Crippen molar-refractivity contribution < 1.29 is 55.7 Å². The smallest absolute Gasteiger partial charge is 0.408 e. The molecule has 0 saturated heterocycles. The summed E-state index contributed by atoms with van der Waals surface area (Å²) in [5.74, 6) is -4.19. The minimum atomic E-state index is -3.17. The highest BCUT2D eigenvalue weighted by atomic mass is 19.3. The third-order valence-electron chi connectivity index (χ3n) is 5.90. The molecule has 45 heavy (non-hydrogen) atoms. The van der Waals surface area contributed by atoms with Crippen molar-refractivity contribution in [2.75, 3.05) is 6.61 Å². The van der Waals surface area contributed by atoms with Gasteiger partial charge >= 0.3 is 18.7 Å². The molecule has 1 heterocycles. The molecular weight excluding hydrogens is 606 g/mol. The lowest BCUT2D eigenvalue weighted by Crippen LogP contribution is -2.34. The van der Waals surface area contributed by atoms with Crippen LogP contribution >= 0.6 is 0 Å². The molecule has 2 amide bonds. The number of carbonyl (C=O) groups is 3. The summed E-state index contributed by atoms with van der Waals surface area (Å²) in [6.07, 6.45) is -0.330. The van der Waals surface area contributed by atoms with E-state index in [0.717, 1.165) is 6.07 Å². The Bertz CT molecular complexity index is 1510. The van der Waals surface area contributed by atoms with Gasteiger partial charge in [-0.1, -0.05) is 6.07 Å². The van der Waals surface area contributed by atoms with E-state index in [1.165, 1.54) is 31.2 Å².